The second kappa shape index (κ2) is 5.30. The number of hydrogen-bond donors (Lipinski definition) is 0. The molecule has 0 saturated carbocycles. The molecule has 1 rings (SSSR count). The smallest absolute Gasteiger partial charge is 0.211 e. The van der Waals surface area contributed by atoms with Crippen molar-refractivity contribution in [1.29, 1.82) is 0 Å². The van der Waals surface area contributed by atoms with Crippen molar-refractivity contribution >= 4 is 18.2 Å². The van der Waals surface area contributed by atoms with Gasteiger partial charge in [-0.05, 0) is 38.0 Å². The highest BCUT2D eigenvalue weighted by atomic mass is 16.1. The maximum atomic E-state index is 10.5. The second-order valence-corrected chi connectivity index (χ2v) is 4.11. The fourth-order valence-corrected chi connectivity index (χ4v) is 2.16. The van der Waals surface area contributed by atoms with Crippen LogP contribution in [0.15, 0.2) is 37.9 Å². The standard InChI is InChI=1S/C12H11N3O3/c1-8-4-12(3,15-7-18)11(14-6-17)9(2)10(8)13-5-16/h4,11H,1-3H3. The SMILES string of the molecule is CC1=CC(C)(N=C=O)C(N=C=O)C(C)=C1N=C=O. The van der Waals surface area contributed by atoms with Crippen LogP contribution in [0.1, 0.15) is 20.8 Å². The van der Waals surface area contributed by atoms with Crippen LogP contribution in [-0.2, 0) is 14.4 Å². The van der Waals surface area contributed by atoms with Gasteiger partial charge >= 0.3 is 0 Å². The van der Waals surface area contributed by atoms with Crippen molar-refractivity contribution in [3.63, 3.8) is 0 Å². The Morgan fingerprint density at radius 1 is 1.17 bits per heavy atom. The molecule has 0 aliphatic heterocycles. The van der Waals surface area contributed by atoms with Crippen LogP contribution >= 0.6 is 0 Å². The Morgan fingerprint density at radius 2 is 1.83 bits per heavy atom. The van der Waals surface area contributed by atoms with E-state index in [0.29, 0.717) is 16.8 Å². The number of aliphatic imine (C=N–C) groups is 3. The van der Waals surface area contributed by atoms with E-state index in [-0.39, 0.29) is 0 Å². The quantitative estimate of drug-likeness (QED) is 0.555. The van der Waals surface area contributed by atoms with Crippen molar-refractivity contribution in [3.05, 3.63) is 22.9 Å². The van der Waals surface area contributed by atoms with Crippen molar-refractivity contribution in [2.24, 2.45) is 15.0 Å². The number of carbonyl (C=O) groups excluding carboxylic acids is 3. The van der Waals surface area contributed by atoms with Gasteiger partial charge in [-0.15, -0.1) is 0 Å². The van der Waals surface area contributed by atoms with E-state index in [0.717, 1.165) is 0 Å². The minimum atomic E-state index is -1.02. The predicted octanol–water partition coefficient (Wildman–Crippen LogP) is 1.35. The van der Waals surface area contributed by atoms with Crippen LogP contribution in [0.3, 0.4) is 0 Å². The van der Waals surface area contributed by atoms with Crippen LogP contribution in [0.5, 0.6) is 0 Å². The zero-order valence-corrected chi connectivity index (χ0v) is 10.2. The lowest BCUT2D eigenvalue weighted by Crippen LogP contribution is -2.38. The molecule has 0 radical (unpaired) electrons. The Balaban J connectivity index is 3.53. The Hall–Kier alpha value is -2.38. The summed E-state index contributed by atoms with van der Waals surface area (Å²) < 4.78 is 0. The summed E-state index contributed by atoms with van der Waals surface area (Å²) in [6.45, 7) is 5.02. The summed E-state index contributed by atoms with van der Waals surface area (Å²) in [4.78, 5) is 42.2. The fourth-order valence-electron chi connectivity index (χ4n) is 2.16. The van der Waals surface area contributed by atoms with Crippen LogP contribution in [0.2, 0.25) is 0 Å². The van der Waals surface area contributed by atoms with Crippen molar-refractivity contribution in [2.75, 3.05) is 0 Å². The lowest BCUT2D eigenvalue weighted by Gasteiger charge is -2.32. The second-order valence-electron chi connectivity index (χ2n) is 4.11. The third-order valence-corrected chi connectivity index (χ3v) is 2.85. The van der Waals surface area contributed by atoms with E-state index in [1.807, 2.05) is 0 Å². The number of rotatable bonds is 3. The van der Waals surface area contributed by atoms with Crippen LogP contribution in [0.4, 0.5) is 0 Å². The molecule has 0 aromatic heterocycles. The van der Waals surface area contributed by atoms with Gasteiger partial charge in [0.05, 0.1) is 5.70 Å². The van der Waals surface area contributed by atoms with Gasteiger partial charge in [0.2, 0.25) is 18.2 Å². The normalized spacial score (nSPS) is 26.4. The minimum absolute atomic E-state index is 0.396. The molecule has 0 N–H and O–H groups in total. The third-order valence-electron chi connectivity index (χ3n) is 2.85. The molecule has 0 aromatic carbocycles. The highest BCUT2D eigenvalue weighted by Gasteiger charge is 2.38. The van der Waals surface area contributed by atoms with Gasteiger partial charge in [0.25, 0.3) is 0 Å². The minimum Gasteiger partial charge on any atom is -0.211 e. The number of isocyanates is 3. The van der Waals surface area contributed by atoms with E-state index >= 15 is 0 Å². The number of allylic oxidation sites excluding steroid dienone is 1. The first-order valence-electron chi connectivity index (χ1n) is 5.14. The summed E-state index contributed by atoms with van der Waals surface area (Å²) in [5, 5.41) is 0. The monoisotopic (exact) mass is 245 g/mol. The van der Waals surface area contributed by atoms with Gasteiger partial charge in [-0.25, -0.2) is 14.4 Å². The van der Waals surface area contributed by atoms with E-state index in [1.165, 1.54) is 18.2 Å². The molecule has 0 heterocycles. The Morgan fingerprint density at radius 3 is 2.33 bits per heavy atom. The maximum Gasteiger partial charge on any atom is 0.240 e. The zero-order valence-electron chi connectivity index (χ0n) is 10.2. The first-order chi connectivity index (χ1) is 8.50. The molecule has 0 spiro atoms. The molecule has 92 valence electrons. The largest absolute Gasteiger partial charge is 0.240 e. The van der Waals surface area contributed by atoms with Gasteiger partial charge in [0.15, 0.2) is 0 Å². The fraction of sp³-hybridized carbons (Fsp3) is 0.417. The van der Waals surface area contributed by atoms with Gasteiger partial charge in [0, 0.05) is 0 Å². The van der Waals surface area contributed by atoms with Crippen molar-refractivity contribution < 1.29 is 14.4 Å². The van der Waals surface area contributed by atoms with Crippen molar-refractivity contribution in [1.82, 2.24) is 0 Å². The van der Waals surface area contributed by atoms with Crippen LogP contribution < -0.4 is 0 Å². The first kappa shape index (κ1) is 13.7. The van der Waals surface area contributed by atoms with E-state index < -0.39 is 11.6 Å². The maximum absolute atomic E-state index is 10.5. The molecule has 0 fully saturated rings. The predicted molar refractivity (Wildman–Crippen MR) is 63.0 cm³/mol. The highest BCUT2D eigenvalue weighted by Crippen LogP contribution is 2.36. The summed E-state index contributed by atoms with van der Waals surface area (Å²) in [7, 11) is 0. The van der Waals surface area contributed by atoms with Crippen molar-refractivity contribution in [3.8, 4) is 0 Å². The third kappa shape index (κ3) is 2.31. The molecule has 6 nitrogen and oxygen atoms in total. The lowest BCUT2D eigenvalue weighted by atomic mass is 9.80. The van der Waals surface area contributed by atoms with Crippen LogP contribution in [-0.4, -0.2) is 29.8 Å². The molecule has 0 saturated heterocycles. The molecule has 2 unspecified atom stereocenters. The molecule has 1 aliphatic rings. The molecule has 0 bridgehead atoms. The van der Waals surface area contributed by atoms with Gasteiger partial charge in [-0.2, -0.15) is 15.0 Å². The topological polar surface area (TPSA) is 88.3 Å². The molecular formula is C12H11N3O3. The summed E-state index contributed by atoms with van der Waals surface area (Å²) in [5.41, 5.74) is 0.598. The molecule has 1 aliphatic carbocycles. The lowest BCUT2D eigenvalue weighted by molar-refractivity contribution is 0.475. The van der Waals surface area contributed by atoms with Crippen LogP contribution in [0, 0.1) is 0 Å². The average molecular weight is 245 g/mol. The molecule has 2 atom stereocenters. The van der Waals surface area contributed by atoms with Crippen LogP contribution in [0.25, 0.3) is 0 Å². The van der Waals surface area contributed by atoms with E-state index in [2.05, 4.69) is 15.0 Å². The van der Waals surface area contributed by atoms with E-state index in [1.54, 1.807) is 26.8 Å². The zero-order chi connectivity index (χ0) is 13.8. The number of hydrogen-bond acceptors (Lipinski definition) is 6. The molecule has 6 heteroatoms. The van der Waals surface area contributed by atoms with Gasteiger partial charge < -0.3 is 0 Å². The molecule has 0 amide bonds. The summed E-state index contributed by atoms with van der Waals surface area (Å²) in [6, 6.07) is -0.729. The summed E-state index contributed by atoms with van der Waals surface area (Å²) >= 11 is 0. The van der Waals surface area contributed by atoms with Crippen molar-refractivity contribution in [2.45, 2.75) is 32.4 Å². The molecule has 18 heavy (non-hydrogen) atoms. The number of nitrogens with zero attached hydrogens (tertiary/aromatic N) is 3. The average Bonchev–Trinajstić information content (AvgIpc) is 2.30. The molecule has 0 aromatic rings. The van der Waals surface area contributed by atoms with Gasteiger partial charge in [-0.1, -0.05) is 0 Å². The molecular weight excluding hydrogens is 234 g/mol. The Bertz CT molecular complexity index is 571. The van der Waals surface area contributed by atoms with E-state index in [9.17, 15) is 14.4 Å². The summed E-state index contributed by atoms with van der Waals surface area (Å²) in [5.74, 6) is 0. The highest BCUT2D eigenvalue weighted by molar-refractivity contribution is 5.53. The van der Waals surface area contributed by atoms with Gasteiger partial charge in [-0.3, -0.25) is 0 Å². The Labute approximate surface area is 104 Å². The van der Waals surface area contributed by atoms with E-state index in [4.69, 9.17) is 0 Å². The van der Waals surface area contributed by atoms with Gasteiger partial charge in [0.1, 0.15) is 11.6 Å². The Kier molecular flexibility index (Phi) is 4.03. The first-order valence-corrected chi connectivity index (χ1v) is 5.14. The summed E-state index contributed by atoms with van der Waals surface area (Å²) in [6.07, 6.45) is 5.97.